The lowest BCUT2D eigenvalue weighted by Gasteiger charge is -2.29. The fourth-order valence-corrected chi connectivity index (χ4v) is 1.73. The molecule has 0 radical (unpaired) electrons. The molecule has 2 fully saturated rings. The molecule has 0 spiro atoms. The first-order chi connectivity index (χ1) is 5.88. The Bertz CT molecular complexity index is 149. The Morgan fingerprint density at radius 3 is 2.67 bits per heavy atom. The summed E-state index contributed by atoms with van der Waals surface area (Å²) in [7, 11) is 0. The first kappa shape index (κ1) is 8.45. The molecule has 70 valence electrons. The van der Waals surface area contributed by atoms with Crippen molar-refractivity contribution in [2.75, 3.05) is 19.8 Å². The molecule has 2 nitrogen and oxygen atoms in total. The fourth-order valence-electron chi connectivity index (χ4n) is 1.73. The number of halogens is 1. The van der Waals surface area contributed by atoms with Crippen LogP contribution in [0.25, 0.3) is 0 Å². The highest BCUT2D eigenvalue weighted by Crippen LogP contribution is 2.34. The van der Waals surface area contributed by atoms with Crippen LogP contribution in [-0.4, -0.2) is 32.0 Å². The van der Waals surface area contributed by atoms with Crippen molar-refractivity contribution in [3.8, 4) is 0 Å². The molecule has 0 aromatic rings. The summed E-state index contributed by atoms with van der Waals surface area (Å²) in [6.45, 7) is 1.23. The summed E-state index contributed by atoms with van der Waals surface area (Å²) in [5, 5.41) is 3.20. The predicted molar refractivity (Wildman–Crippen MR) is 44.8 cm³/mol. The van der Waals surface area contributed by atoms with E-state index in [1.165, 1.54) is 12.8 Å². The third-order valence-corrected chi connectivity index (χ3v) is 2.59. The fraction of sp³-hybridized carbons (Fsp3) is 1.00. The van der Waals surface area contributed by atoms with Gasteiger partial charge in [-0.2, -0.15) is 0 Å². The second-order valence-corrected chi connectivity index (χ2v) is 3.87. The van der Waals surface area contributed by atoms with E-state index in [0.29, 0.717) is 6.54 Å². The minimum atomic E-state index is -0.353. The first-order valence-corrected chi connectivity index (χ1v) is 4.80. The average Bonchev–Trinajstić information content (AvgIpc) is 2.89. The van der Waals surface area contributed by atoms with Gasteiger partial charge in [-0.05, 0) is 12.3 Å². The molecule has 1 saturated heterocycles. The third kappa shape index (κ3) is 2.17. The Balaban J connectivity index is 1.73. The van der Waals surface area contributed by atoms with Gasteiger partial charge in [-0.1, -0.05) is 12.8 Å². The number of alkyl halides is 1. The van der Waals surface area contributed by atoms with Gasteiger partial charge in [-0.15, -0.1) is 0 Å². The molecule has 0 amide bonds. The summed E-state index contributed by atoms with van der Waals surface area (Å²) in [6, 6.07) is 0. The monoisotopic (exact) mass is 173 g/mol. The van der Waals surface area contributed by atoms with Crippen LogP contribution in [0, 0.1) is 5.92 Å². The molecule has 2 rings (SSSR count). The minimum Gasteiger partial charge on any atom is -0.370 e. The van der Waals surface area contributed by atoms with Gasteiger partial charge < -0.3 is 10.1 Å². The summed E-state index contributed by atoms with van der Waals surface area (Å²) in [5.74, 6) is 0.871. The molecular formula is C9H16FNO. The van der Waals surface area contributed by atoms with Crippen LogP contribution in [-0.2, 0) is 4.74 Å². The van der Waals surface area contributed by atoms with Gasteiger partial charge >= 0.3 is 0 Å². The highest BCUT2D eigenvalue weighted by molar-refractivity contribution is 4.81. The summed E-state index contributed by atoms with van der Waals surface area (Å²) in [4.78, 5) is 0. The molecule has 1 saturated carbocycles. The van der Waals surface area contributed by atoms with E-state index in [1.54, 1.807) is 0 Å². The maximum atomic E-state index is 12.2. The molecule has 3 heteroatoms. The van der Waals surface area contributed by atoms with Crippen molar-refractivity contribution >= 4 is 0 Å². The third-order valence-electron chi connectivity index (χ3n) is 2.59. The number of ether oxygens (including phenoxy) is 1. The topological polar surface area (TPSA) is 21.3 Å². The van der Waals surface area contributed by atoms with Crippen LogP contribution in [0.5, 0.6) is 0 Å². The van der Waals surface area contributed by atoms with Gasteiger partial charge in [0, 0.05) is 13.1 Å². The lowest BCUT2D eigenvalue weighted by molar-refractivity contribution is -0.0521. The number of morpholine rings is 1. The zero-order chi connectivity index (χ0) is 8.39. The van der Waals surface area contributed by atoms with Crippen molar-refractivity contribution < 1.29 is 9.13 Å². The number of rotatable bonds is 3. The molecule has 2 atom stereocenters. The van der Waals surface area contributed by atoms with Crippen LogP contribution in [0.3, 0.4) is 0 Å². The van der Waals surface area contributed by atoms with E-state index in [4.69, 9.17) is 4.74 Å². The summed E-state index contributed by atoms with van der Waals surface area (Å²) < 4.78 is 17.8. The van der Waals surface area contributed by atoms with Gasteiger partial charge in [0.05, 0.1) is 12.2 Å². The molecule has 0 unspecified atom stereocenters. The highest BCUT2D eigenvalue weighted by Gasteiger charge is 2.29. The maximum Gasteiger partial charge on any atom is 0.117 e. The van der Waals surface area contributed by atoms with Gasteiger partial charge in [0.25, 0.3) is 0 Å². The van der Waals surface area contributed by atoms with Crippen molar-refractivity contribution in [1.29, 1.82) is 0 Å². The van der Waals surface area contributed by atoms with Gasteiger partial charge in [0.2, 0.25) is 0 Å². The Labute approximate surface area is 72.5 Å². The van der Waals surface area contributed by atoms with Crippen LogP contribution in [0.15, 0.2) is 0 Å². The molecule has 0 aromatic heterocycles. The predicted octanol–water partition coefficient (Wildman–Crippen LogP) is 1.11. The van der Waals surface area contributed by atoms with E-state index in [1.807, 2.05) is 0 Å². The SMILES string of the molecule is FC[C@@H]1CNC[C@H](CC2CC2)O1. The van der Waals surface area contributed by atoms with E-state index >= 15 is 0 Å². The van der Waals surface area contributed by atoms with Crippen molar-refractivity contribution in [2.24, 2.45) is 5.92 Å². The van der Waals surface area contributed by atoms with E-state index < -0.39 is 0 Å². The second-order valence-electron chi connectivity index (χ2n) is 3.87. The summed E-state index contributed by atoms with van der Waals surface area (Å²) >= 11 is 0. The minimum absolute atomic E-state index is 0.192. The zero-order valence-electron chi connectivity index (χ0n) is 7.26. The maximum absolute atomic E-state index is 12.2. The van der Waals surface area contributed by atoms with Crippen LogP contribution in [0.4, 0.5) is 4.39 Å². The molecule has 2 aliphatic rings. The van der Waals surface area contributed by atoms with E-state index in [0.717, 1.165) is 18.9 Å². The van der Waals surface area contributed by atoms with Crippen LogP contribution >= 0.6 is 0 Å². The van der Waals surface area contributed by atoms with Crippen molar-refractivity contribution in [2.45, 2.75) is 31.5 Å². The van der Waals surface area contributed by atoms with Crippen molar-refractivity contribution in [3.05, 3.63) is 0 Å². The van der Waals surface area contributed by atoms with E-state index in [-0.39, 0.29) is 18.9 Å². The normalized spacial score (nSPS) is 36.8. The smallest absolute Gasteiger partial charge is 0.117 e. The standard InChI is InChI=1S/C9H16FNO/c10-4-9-6-11-5-8(12-9)3-7-1-2-7/h7-9,11H,1-6H2/t8-,9+/m0/s1. The quantitative estimate of drug-likeness (QED) is 0.690. The van der Waals surface area contributed by atoms with Crippen molar-refractivity contribution in [3.63, 3.8) is 0 Å². The molecule has 1 aliphatic carbocycles. The van der Waals surface area contributed by atoms with Gasteiger partial charge in [-0.3, -0.25) is 0 Å². The van der Waals surface area contributed by atoms with Crippen molar-refractivity contribution in [1.82, 2.24) is 5.32 Å². The van der Waals surface area contributed by atoms with Gasteiger partial charge in [0.1, 0.15) is 6.67 Å². The Morgan fingerprint density at radius 2 is 2.00 bits per heavy atom. The number of nitrogens with one attached hydrogen (secondary N) is 1. The number of hydrogen-bond donors (Lipinski definition) is 1. The average molecular weight is 173 g/mol. The van der Waals surface area contributed by atoms with Crippen LogP contribution in [0.1, 0.15) is 19.3 Å². The molecule has 0 aromatic carbocycles. The van der Waals surface area contributed by atoms with Gasteiger partial charge in [0.15, 0.2) is 0 Å². The molecular weight excluding hydrogens is 157 g/mol. The number of hydrogen-bond acceptors (Lipinski definition) is 2. The van der Waals surface area contributed by atoms with Crippen LogP contribution in [0.2, 0.25) is 0 Å². The Hall–Kier alpha value is -0.150. The molecule has 12 heavy (non-hydrogen) atoms. The van der Waals surface area contributed by atoms with E-state index in [9.17, 15) is 4.39 Å². The molecule has 0 bridgehead atoms. The lowest BCUT2D eigenvalue weighted by atomic mass is 10.1. The molecule has 1 aliphatic heterocycles. The first-order valence-electron chi connectivity index (χ1n) is 4.80. The lowest BCUT2D eigenvalue weighted by Crippen LogP contribution is -2.45. The largest absolute Gasteiger partial charge is 0.370 e. The zero-order valence-corrected chi connectivity index (χ0v) is 7.26. The molecule has 1 heterocycles. The van der Waals surface area contributed by atoms with Crippen LogP contribution < -0.4 is 5.32 Å². The highest BCUT2D eigenvalue weighted by atomic mass is 19.1. The second kappa shape index (κ2) is 3.71. The Morgan fingerprint density at radius 1 is 1.25 bits per heavy atom. The Kier molecular flexibility index (Phi) is 2.61. The summed E-state index contributed by atoms with van der Waals surface area (Å²) in [6.07, 6.45) is 3.90. The summed E-state index contributed by atoms with van der Waals surface area (Å²) in [5.41, 5.74) is 0. The van der Waals surface area contributed by atoms with E-state index in [2.05, 4.69) is 5.32 Å². The van der Waals surface area contributed by atoms with Gasteiger partial charge in [-0.25, -0.2) is 4.39 Å². The molecule has 1 N–H and O–H groups in total.